The molecule has 6 nitrogen and oxygen atoms in total. The maximum Gasteiger partial charge on any atom is 0.138 e. The zero-order valence-electron chi connectivity index (χ0n) is 23.9. The molecular weight excluding hydrogens is 532 g/mol. The molecule has 7 rings (SSSR count). The molecule has 1 aliphatic carbocycles. The summed E-state index contributed by atoms with van der Waals surface area (Å²) in [6.45, 7) is 1.18. The standard InChI is InChI=1S/C37H34N4O2/c42-23-22-39-35-24-28(20-21-38-35)36-33-25-32(43-26-27-16-17-27)18-19-34(33)41(40-36)37(29-10-4-1-5-11-29,30-12-6-2-7-13-30)31-14-8-3-9-15-31/h1-15,18-21,24-25,27,42H,16-17,22-23,26H2,(H,38,39). The summed E-state index contributed by atoms with van der Waals surface area (Å²) < 4.78 is 8.45. The maximum atomic E-state index is 9.38. The number of ether oxygens (including phenoxy) is 1. The predicted molar refractivity (Wildman–Crippen MR) is 171 cm³/mol. The van der Waals surface area contributed by atoms with E-state index in [1.807, 2.05) is 12.1 Å². The summed E-state index contributed by atoms with van der Waals surface area (Å²) in [5, 5.41) is 19.1. The third-order valence-electron chi connectivity index (χ3n) is 8.18. The minimum atomic E-state index is -0.762. The normalized spacial score (nSPS) is 13.2. The van der Waals surface area contributed by atoms with Gasteiger partial charge in [0.1, 0.15) is 22.8 Å². The number of hydrogen-bond donors (Lipinski definition) is 2. The van der Waals surface area contributed by atoms with Crippen LogP contribution in [0.4, 0.5) is 5.82 Å². The molecule has 0 bridgehead atoms. The lowest BCUT2D eigenvalue weighted by atomic mass is 9.77. The molecule has 1 fully saturated rings. The number of hydrogen-bond acceptors (Lipinski definition) is 5. The van der Waals surface area contributed by atoms with Gasteiger partial charge in [-0.2, -0.15) is 5.10 Å². The SMILES string of the molecule is OCCNc1cc(-c2nn(C(c3ccccc3)(c3ccccc3)c3ccccc3)c3ccc(OCC4CC4)cc23)ccn1. The van der Waals surface area contributed by atoms with Crippen LogP contribution in [-0.4, -0.2) is 39.6 Å². The Morgan fingerprint density at radius 3 is 2.00 bits per heavy atom. The molecule has 0 saturated heterocycles. The highest BCUT2D eigenvalue weighted by molar-refractivity contribution is 5.95. The monoisotopic (exact) mass is 566 g/mol. The Balaban J connectivity index is 1.53. The third kappa shape index (κ3) is 5.15. The molecule has 0 spiro atoms. The maximum absolute atomic E-state index is 9.38. The second kappa shape index (κ2) is 11.7. The van der Waals surface area contributed by atoms with Crippen LogP contribution in [-0.2, 0) is 5.54 Å². The van der Waals surface area contributed by atoms with Crippen LogP contribution >= 0.6 is 0 Å². The molecule has 4 aromatic carbocycles. The van der Waals surface area contributed by atoms with Gasteiger partial charge < -0.3 is 15.2 Å². The first-order valence-electron chi connectivity index (χ1n) is 14.9. The fourth-order valence-corrected chi connectivity index (χ4v) is 5.92. The van der Waals surface area contributed by atoms with Gasteiger partial charge in [0.05, 0.1) is 18.7 Å². The molecule has 2 aromatic heterocycles. The van der Waals surface area contributed by atoms with E-state index in [9.17, 15) is 5.11 Å². The number of fused-ring (bicyclic) bond motifs is 1. The van der Waals surface area contributed by atoms with Gasteiger partial charge in [-0.1, -0.05) is 91.0 Å². The lowest BCUT2D eigenvalue weighted by Crippen LogP contribution is -2.38. The largest absolute Gasteiger partial charge is 0.493 e. The lowest BCUT2D eigenvalue weighted by Gasteiger charge is -2.37. The van der Waals surface area contributed by atoms with Crippen molar-refractivity contribution >= 4 is 16.7 Å². The molecule has 0 amide bonds. The molecule has 0 aliphatic heterocycles. The van der Waals surface area contributed by atoms with Crippen LogP contribution < -0.4 is 10.1 Å². The average Bonchev–Trinajstić information content (AvgIpc) is 3.84. The van der Waals surface area contributed by atoms with Crippen molar-refractivity contribution in [1.82, 2.24) is 14.8 Å². The van der Waals surface area contributed by atoms with Crippen molar-refractivity contribution in [1.29, 1.82) is 0 Å². The van der Waals surface area contributed by atoms with E-state index in [0.29, 0.717) is 18.3 Å². The Morgan fingerprint density at radius 2 is 1.42 bits per heavy atom. The van der Waals surface area contributed by atoms with Crippen molar-refractivity contribution in [2.45, 2.75) is 18.4 Å². The van der Waals surface area contributed by atoms with E-state index in [4.69, 9.17) is 9.84 Å². The highest BCUT2D eigenvalue weighted by Gasteiger charge is 2.41. The van der Waals surface area contributed by atoms with Crippen LogP contribution in [0.1, 0.15) is 29.5 Å². The Labute approximate surface area is 251 Å². The number of nitrogens with one attached hydrogen (secondary N) is 1. The molecule has 6 heteroatoms. The Hall–Kier alpha value is -4.94. The zero-order chi connectivity index (χ0) is 29.1. The van der Waals surface area contributed by atoms with Gasteiger partial charge in [-0.05, 0) is 65.8 Å². The van der Waals surface area contributed by atoms with Gasteiger partial charge >= 0.3 is 0 Å². The topological polar surface area (TPSA) is 72.2 Å². The van der Waals surface area contributed by atoms with Crippen molar-refractivity contribution in [2.24, 2.45) is 5.92 Å². The van der Waals surface area contributed by atoms with Crippen molar-refractivity contribution < 1.29 is 9.84 Å². The van der Waals surface area contributed by atoms with Gasteiger partial charge in [-0.25, -0.2) is 9.67 Å². The van der Waals surface area contributed by atoms with Gasteiger partial charge in [-0.3, -0.25) is 0 Å². The molecule has 0 radical (unpaired) electrons. The summed E-state index contributed by atoms with van der Waals surface area (Å²) in [5.41, 5.74) is 5.33. The number of nitrogens with zero attached hydrogens (tertiary/aromatic N) is 3. The van der Waals surface area contributed by atoms with Gasteiger partial charge in [0.2, 0.25) is 0 Å². The summed E-state index contributed by atoms with van der Waals surface area (Å²) in [4.78, 5) is 4.47. The summed E-state index contributed by atoms with van der Waals surface area (Å²) in [6, 6.07) is 42.1. The van der Waals surface area contributed by atoms with Crippen molar-refractivity contribution in [3.8, 4) is 17.0 Å². The molecule has 1 aliphatic rings. The zero-order valence-corrected chi connectivity index (χ0v) is 23.9. The molecule has 2 N–H and O–H groups in total. The quantitative estimate of drug-likeness (QED) is 0.163. The van der Waals surface area contributed by atoms with E-state index in [1.165, 1.54) is 12.8 Å². The van der Waals surface area contributed by atoms with Gasteiger partial charge in [0.25, 0.3) is 0 Å². The number of aliphatic hydroxyl groups is 1. The van der Waals surface area contributed by atoms with E-state index in [2.05, 4.69) is 124 Å². The Bertz CT molecular complexity index is 1720. The number of benzene rings is 4. The summed E-state index contributed by atoms with van der Waals surface area (Å²) in [6.07, 6.45) is 4.26. The van der Waals surface area contributed by atoms with E-state index in [1.54, 1.807) is 6.20 Å². The lowest BCUT2D eigenvalue weighted by molar-refractivity contribution is 0.300. The molecule has 43 heavy (non-hydrogen) atoms. The van der Waals surface area contributed by atoms with Crippen LogP contribution in [0, 0.1) is 5.92 Å². The smallest absolute Gasteiger partial charge is 0.138 e. The Morgan fingerprint density at radius 1 is 0.791 bits per heavy atom. The van der Waals surface area contributed by atoms with Crippen molar-refractivity contribution in [2.75, 3.05) is 25.1 Å². The predicted octanol–water partition coefficient (Wildman–Crippen LogP) is 7.13. The molecule has 0 atom stereocenters. The van der Waals surface area contributed by atoms with Gasteiger partial charge in [0.15, 0.2) is 0 Å². The summed E-state index contributed by atoms with van der Waals surface area (Å²) >= 11 is 0. The highest BCUT2D eigenvalue weighted by atomic mass is 16.5. The van der Waals surface area contributed by atoms with Crippen LogP contribution in [0.5, 0.6) is 5.75 Å². The first kappa shape index (κ1) is 26.9. The van der Waals surface area contributed by atoms with Gasteiger partial charge in [0, 0.05) is 23.7 Å². The minimum Gasteiger partial charge on any atom is -0.493 e. The molecule has 1 saturated carbocycles. The number of aromatic nitrogens is 3. The van der Waals surface area contributed by atoms with Crippen molar-refractivity contribution in [3.63, 3.8) is 0 Å². The van der Waals surface area contributed by atoms with Crippen LogP contribution in [0.15, 0.2) is 128 Å². The summed E-state index contributed by atoms with van der Waals surface area (Å²) in [5.74, 6) is 2.19. The fraction of sp³-hybridized carbons (Fsp3) is 0.189. The van der Waals surface area contributed by atoms with Crippen molar-refractivity contribution in [3.05, 3.63) is 144 Å². The second-order valence-corrected chi connectivity index (χ2v) is 11.1. The van der Waals surface area contributed by atoms with E-state index in [0.717, 1.165) is 51.2 Å². The van der Waals surface area contributed by atoms with Crippen LogP contribution in [0.25, 0.3) is 22.2 Å². The molecule has 6 aromatic rings. The Kier molecular flexibility index (Phi) is 7.35. The summed E-state index contributed by atoms with van der Waals surface area (Å²) in [7, 11) is 0. The van der Waals surface area contributed by atoms with E-state index >= 15 is 0 Å². The number of rotatable bonds is 11. The van der Waals surface area contributed by atoms with E-state index in [-0.39, 0.29) is 6.61 Å². The van der Waals surface area contributed by atoms with E-state index < -0.39 is 5.54 Å². The fourth-order valence-electron chi connectivity index (χ4n) is 5.92. The first-order valence-corrected chi connectivity index (χ1v) is 14.9. The van der Waals surface area contributed by atoms with Crippen LogP contribution in [0.2, 0.25) is 0 Å². The number of aliphatic hydroxyl groups excluding tert-OH is 1. The third-order valence-corrected chi connectivity index (χ3v) is 8.18. The first-order chi connectivity index (χ1) is 21.3. The minimum absolute atomic E-state index is 0.0267. The van der Waals surface area contributed by atoms with Gasteiger partial charge in [-0.15, -0.1) is 0 Å². The van der Waals surface area contributed by atoms with Crippen LogP contribution in [0.3, 0.4) is 0 Å². The molecule has 2 heterocycles. The number of anilines is 1. The number of pyridine rings is 1. The second-order valence-electron chi connectivity index (χ2n) is 11.1. The molecular formula is C37H34N4O2. The highest BCUT2D eigenvalue weighted by Crippen LogP contribution is 2.44. The molecule has 214 valence electrons. The average molecular weight is 567 g/mol. The molecule has 0 unspecified atom stereocenters.